The van der Waals surface area contributed by atoms with Crippen LogP contribution in [0.5, 0.6) is 0 Å². The van der Waals surface area contributed by atoms with Crippen molar-refractivity contribution in [2.75, 3.05) is 12.3 Å². The van der Waals surface area contributed by atoms with Crippen LogP contribution in [-0.2, 0) is 0 Å². The van der Waals surface area contributed by atoms with Crippen molar-refractivity contribution in [2.24, 2.45) is 5.11 Å². The van der Waals surface area contributed by atoms with Crippen molar-refractivity contribution >= 4 is 33.7 Å². The summed E-state index contributed by atoms with van der Waals surface area (Å²) in [6, 6.07) is 1.79. The largest absolute Gasteiger partial charge is 0.296 e. The number of fused-ring (bicyclic) bond motifs is 1. The molecule has 3 aromatic rings. The lowest BCUT2D eigenvalue weighted by atomic mass is 10.1. The molecule has 3 rings (SSSR count). The second-order valence-corrected chi connectivity index (χ2v) is 6.31. The van der Waals surface area contributed by atoms with E-state index >= 15 is 0 Å². The lowest BCUT2D eigenvalue weighted by molar-refractivity contribution is 0.103. The van der Waals surface area contributed by atoms with Crippen molar-refractivity contribution in [1.29, 1.82) is 0 Å². The average molecular weight is 330 g/mol. The van der Waals surface area contributed by atoms with Gasteiger partial charge in [0, 0.05) is 51.6 Å². The Bertz CT molecular complexity index is 864. The van der Waals surface area contributed by atoms with Crippen molar-refractivity contribution in [2.45, 2.75) is 4.90 Å². The molecule has 0 saturated carbocycles. The maximum atomic E-state index is 12.6. The molecule has 0 saturated heterocycles. The third-order valence-electron chi connectivity index (χ3n) is 2.86. The normalized spacial score (nSPS) is 10.5. The van der Waals surface area contributed by atoms with Gasteiger partial charge >= 0.3 is 0 Å². The zero-order valence-corrected chi connectivity index (χ0v) is 12.9. The fourth-order valence-corrected chi connectivity index (χ4v) is 3.46. The van der Waals surface area contributed by atoms with Gasteiger partial charge in [-0.2, -0.15) is 0 Å². The lowest BCUT2D eigenvalue weighted by Crippen LogP contribution is -2.03. The minimum atomic E-state index is -0.144. The zero-order valence-electron chi connectivity index (χ0n) is 11.3. The predicted octanol–water partition coefficient (Wildman–Crippen LogP) is 3.42. The molecule has 3 heterocycles. The monoisotopic (exact) mass is 330 g/mol. The molecule has 0 bridgehead atoms. The van der Waals surface area contributed by atoms with Gasteiger partial charge in [-0.05, 0) is 11.6 Å². The molecule has 9 heteroatoms. The number of hydrogen-bond acceptors (Lipinski definition) is 6. The summed E-state index contributed by atoms with van der Waals surface area (Å²) >= 11 is 2.97. The number of thiazole rings is 1. The Kier molecular flexibility index (Phi) is 4.38. The topological polar surface area (TPSA) is 96.0 Å². The number of imidazole rings is 1. The molecule has 7 nitrogen and oxygen atoms in total. The van der Waals surface area contributed by atoms with E-state index in [1.165, 1.54) is 23.1 Å². The highest BCUT2D eigenvalue weighted by Gasteiger charge is 2.17. The highest BCUT2D eigenvalue weighted by molar-refractivity contribution is 7.99. The van der Waals surface area contributed by atoms with Crippen molar-refractivity contribution < 1.29 is 4.79 Å². The van der Waals surface area contributed by atoms with E-state index in [9.17, 15) is 4.79 Å². The molecule has 0 aliphatic carbocycles. The van der Waals surface area contributed by atoms with Crippen molar-refractivity contribution in [3.05, 3.63) is 58.1 Å². The number of ketones is 1. The summed E-state index contributed by atoms with van der Waals surface area (Å²) in [6.45, 7) is 0.399. The van der Waals surface area contributed by atoms with Crippen LogP contribution in [0.3, 0.4) is 0 Å². The van der Waals surface area contributed by atoms with Gasteiger partial charge in [-0.3, -0.25) is 14.2 Å². The quantitative estimate of drug-likeness (QED) is 0.173. The highest BCUT2D eigenvalue weighted by atomic mass is 32.2. The molecule has 0 atom stereocenters. The van der Waals surface area contributed by atoms with Crippen LogP contribution in [0.1, 0.15) is 16.1 Å². The van der Waals surface area contributed by atoms with Gasteiger partial charge in [-0.15, -0.1) is 23.1 Å². The average Bonchev–Trinajstić information content (AvgIpc) is 3.14. The molecule has 0 radical (unpaired) electrons. The molecular weight excluding hydrogens is 320 g/mol. The van der Waals surface area contributed by atoms with E-state index in [1.807, 2.05) is 16.0 Å². The van der Waals surface area contributed by atoms with E-state index in [2.05, 4.69) is 20.0 Å². The maximum absolute atomic E-state index is 12.6. The number of carbonyl (C=O) groups is 1. The van der Waals surface area contributed by atoms with E-state index in [4.69, 9.17) is 5.53 Å². The first-order chi connectivity index (χ1) is 10.8. The number of carbonyl (C=O) groups excluding carboxylic acids is 1. The first kappa shape index (κ1) is 14.6. The van der Waals surface area contributed by atoms with Gasteiger partial charge in [0.1, 0.15) is 16.9 Å². The van der Waals surface area contributed by atoms with E-state index in [-0.39, 0.29) is 5.78 Å². The molecule has 0 amide bonds. The SMILES string of the molecule is [N-]=[N+]=NCCSc1cncc(C(=O)c2ncn3ccsc23)c1. The summed E-state index contributed by atoms with van der Waals surface area (Å²) in [5.41, 5.74) is 9.18. The van der Waals surface area contributed by atoms with Crippen LogP contribution < -0.4 is 0 Å². The summed E-state index contributed by atoms with van der Waals surface area (Å²) < 4.78 is 1.82. The predicted molar refractivity (Wildman–Crippen MR) is 85.5 cm³/mol. The summed E-state index contributed by atoms with van der Waals surface area (Å²) in [6.07, 6.45) is 6.72. The molecule has 0 aliphatic rings. The van der Waals surface area contributed by atoms with Crippen LogP contribution in [-0.4, -0.2) is 32.4 Å². The van der Waals surface area contributed by atoms with E-state index in [0.29, 0.717) is 23.6 Å². The Morgan fingerprint density at radius 2 is 2.41 bits per heavy atom. The summed E-state index contributed by atoms with van der Waals surface area (Å²) in [5, 5.41) is 5.39. The molecule has 22 heavy (non-hydrogen) atoms. The van der Waals surface area contributed by atoms with Crippen molar-refractivity contribution in [1.82, 2.24) is 14.4 Å². The number of pyridine rings is 1. The van der Waals surface area contributed by atoms with Gasteiger partial charge in [-0.1, -0.05) is 5.11 Å². The Morgan fingerprint density at radius 1 is 1.50 bits per heavy atom. The number of azide groups is 1. The van der Waals surface area contributed by atoms with Crippen LogP contribution in [0.25, 0.3) is 15.3 Å². The number of nitrogens with zero attached hydrogens (tertiary/aromatic N) is 6. The van der Waals surface area contributed by atoms with Crippen LogP contribution in [0.2, 0.25) is 0 Å². The van der Waals surface area contributed by atoms with Crippen LogP contribution in [0.15, 0.2) is 46.4 Å². The van der Waals surface area contributed by atoms with Crippen molar-refractivity contribution in [3.8, 4) is 0 Å². The Balaban J connectivity index is 1.81. The molecule has 0 aliphatic heterocycles. The smallest absolute Gasteiger partial charge is 0.216 e. The van der Waals surface area contributed by atoms with Gasteiger partial charge in [0.25, 0.3) is 0 Å². The van der Waals surface area contributed by atoms with Gasteiger partial charge in [0.05, 0.1) is 0 Å². The van der Waals surface area contributed by atoms with Gasteiger partial charge < -0.3 is 0 Å². The van der Waals surface area contributed by atoms with E-state index in [1.54, 1.807) is 24.8 Å². The van der Waals surface area contributed by atoms with Crippen molar-refractivity contribution in [3.63, 3.8) is 0 Å². The molecular formula is C13H10N6OS2. The molecule has 0 fully saturated rings. The molecule has 110 valence electrons. The number of hydrogen-bond donors (Lipinski definition) is 0. The fraction of sp³-hybridized carbons (Fsp3) is 0.154. The maximum Gasteiger partial charge on any atom is 0.216 e. The summed E-state index contributed by atoms with van der Waals surface area (Å²) in [5.74, 6) is 0.498. The standard InChI is InChI=1S/C13H10N6OS2/c14-18-17-1-3-21-10-5-9(6-15-7-10)12(20)11-13-19(8-16-11)2-4-22-13/h2,4-8H,1,3H2. The first-order valence-electron chi connectivity index (χ1n) is 6.33. The lowest BCUT2D eigenvalue weighted by Gasteiger charge is -2.02. The number of thioether (sulfide) groups is 1. The minimum Gasteiger partial charge on any atom is -0.296 e. The van der Waals surface area contributed by atoms with Crippen LogP contribution in [0, 0.1) is 0 Å². The summed E-state index contributed by atoms with van der Waals surface area (Å²) in [7, 11) is 0. The first-order valence-corrected chi connectivity index (χ1v) is 8.19. The molecule has 0 aromatic carbocycles. The van der Waals surface area contributed by atoms with E-state index in [0.717, 1.165) is 9.73 Å². The molecule has 3 aromatic heterocycles. The number of rotatable bonds is 6. The Hall–Kier alpha value is -2.35. The molecule has 0 N–H and O–H groups in total. The van der Waals surface area contributed by atoms with Gasteiger partial charge in [-0.25, -0.2) is 4.98 Å². The van der Waals surface area contributed by atoms with Crippen LogP contribution >= 0.6 is 23.1 Å². The zero-order chi connectivity index (χ0) is 15.4. The second-order valence-electron chi connectivity index (χ2n) is 4.25. The Morgan fingerprint density at radius 3 is 3.27 bits per heavy atom. The fourth-order valence-electron chi connectivity index (χ4n) is 1.90. The van der Waals surface area contributed by atoms with Crippen LogP contribution in [0.4, 0.5) is 0 Å². The summed E-state index contributed by atoms with van der Waals surface area (Å²) in [4.78, 5) is 25.2. The third kappa shape index (κ3) is 2.96. The number of aromatic nitrogens is 3. The molecule has 0 unspecified atom stereocenters. The van der Waals surface area contributed by atoms with Gasteiger partial charge in [0.2, 0.25) is 5.78 Å². The molecule has 0 spiro atoms. The van der Waals surface area contributed by atoms with E-state index < -0.39 is 0 Å². The third-order valence-corrected chi connectivity index (χ3v) is 4.69. The van der Waals surface area contributed by atoms with Gasteiger partial charge in [0.15, 0.2) is 0 Å². The Labute approximate surface area is 133 Å². The second kappa shape index (κ2) is 6.61. The minimum absolute atomic E-state index is 0.144. The highest BCUT2D eigenvalue weighted by Crippen LogP contribution is 2.22.